The Kier molecular flexibility index (Phi) is 4.15. The summed E-state index contributed by atoms with van der Waals surface area (Å²) in [6.07, 6.45) is 0.574. The molecule has 1 aromatic carbocycles. The molecule has 1 aromatic heterocycles. The Hall–Kier alpha value is -0.520. The van der Waals surface area contributed by atoms with Crippen LogP contribution in [0.25, 0.3) is 0 Å². The number of hydrogen-bond donors (Lipinski definition) is 1. The van der Waals surface area contributed by atoms with E-state index in [0.717, 1.165) is 27.1 Å². The van der Waals surface area contributed by atoms with E-state index in [-0.39, 0.29) is 0 Å². The lowest BCUT2D eigenvalue weighted by Gasteiger charge is -2.28. The monoisotopic (exact) mass is 311 g/mol. The van der Waals surface area contributed by atoms with Crippen LogP contribution < -0.4 is 0 Å². The number of benzene rings is 1. The van der Waals surface area contributed by atoms with Gasteiger partial charge in [-0.1, -0.05) is 41.9 Å². The molecule has 19 heavy (non-hydrogen) atoms. The second kappa shape index (κ2) is 5.85. The van der Waals surface area contributed by atoms with Crippen LogP contribution in [-0.4, -0.2) is 22.5 Å². The van der Waals surface area contributed by atoms with E-state index in [0.29, 0.717) is 6.54 Å². The molecule has 1 N–H and O–H groups in total. The van der Waals surface area contributed by atoms with Gasteiger partial charge in [-0.3, -0.25) is 0 Å². The molecule has 1 aliphatic heterocycles. The number of fused-ring (bicyclic) bond motifs is 1. The third-order valence-corrected chi connectivity index (χ3v) is 5.67. The largest absolute Gasteiger partial charge is 0.387 e. The maximum absolute atomic E-state index is 10.1. The molecular formula is C14H14ClNOS2. The number of nitrogens with zero attached hydrogens (tertiary/aromatic N) is 1. The molecule has 0 bridgehead atoms. The van der Waals surface area contributed by atoms with Crippen LogP contribution in [0.5, 0.6) is 0 Å². The molecular weight excluding hydrogens is 298 g/mol. The van der Waals surface area contributed by atoms with Crippen LogP contribution in [0, 0.1) is 0 Å². The molecule has 3 rings (SSSR count). The van der Waals surface area contributed by atoms with Gasteiger partial charge in [0.2, 0.25) is 0 Å². The van der Waals surface area contributed by atoms with Crippen LogP contribution in [-0.2, 0) is 6.42 Å². The summed E-state index contributed by atoms with van der Waals surface area (Å²) in [5, 5.41) is 10.1. The molecule has 0 aliphatic carbocycles. The minimum Gasteiger partial charge on any atom is -0.387 e. The molecule has 5 heteroatoms. The van der Waals surface area contributed by atoms with Crippen molar-refractivity contribution in [2.75, 3.05) is 13.1 Å². The summed E-state index contributed by atoms with van der Waals surface area (Å²) in [6.45, 7) is 1.60. The lowest BCUT2D eigenvalue weighted by Crippen LogP contribution is -2.27. The topological polar surface area (TPSA) is 23.5 Å². The molecule has 0 radical (unpaired) electrons. The molecule has 0 saturated carbocycles. The highest BCUT2D eigenvalue weighted by Crippen LogP contribution is 2.43. The van der Waals surface area contributed by atoms with E-state index in [1.165, 1.54) is 5.56 Å². The van der Waals surface area contributed by atoms with Gasteiger partial charge in [-0.05, 0) is 30.0 Å². The summed E-state index contributed by atoms with van der Waals surface area (Å²) in [7, 11) is 0. The van der Waals surface area contributed by atoms with E-state index in [1.54, 1.807) is 23.3 Å². The van der Waals surface area contributed by atoms with Gasteiger partial charge in [-0.15, -0.1) is 11.3 Å². The fraction of sp³-hybridized carbons (Fsp3) is 0.286. The summed E-state index contributed by atoms with van der Waals surface area (Å²) < 4.78 is 4.09. The smallest absolute Gasteiger partial charge is 0.0946 e. The number of aliphatic hydroxyl groups excluding tert-OH is 1. The van der Waals surface area contributed by atoms with Gasteiger partial charge in [-0.2, -0.15) is 0 Å². The number of β-amino-alcohol motifs (C(OH)–C–C–N with tert-alkyl or cyclic N) is 1. The predicted molar refractivity (Wildman–Crippen MR) is 81.9 cm³/mol. The Morgan fingerprint density at radius 1 is 1.32 bits per heavy atom. The predicted octanol–water partition coefficient (Wildman–Crippen LogP) is 4.00. The second-order valence-corrected chi connectivity index (χ2v) is 7.57. The van der Waals surface area contributed by atoms with Crippen molar-refractivity contribution in [3.63, 3.8) is 0 Å². The number of hydrogen-bond acceptors (Lipinski definition) is 4. The maximum Gasteiger partial charge on any atom is 0.0946 e. The van der Waals surface area contributed by atoms with Gasteiger partial charge in [0.25, 0.3) is 0 Å². The molecule has 2 aromatic rings. The molecule has 2 heterocycles. The lowest BCUT2D eigenvalue weighted by atomic mass is 10.1. The summed E-state index contributed by atoms with van der Waals surface area (Å²) in [5.74, 6) is 0. The summed E-state index contributed by atoms with van der Waals surface area (Å²) in [4.78, 5) is 0. The molecule has 2 nitrogen and oxygen atoms in total. The summed E-state index contributed by atoms with van der Waals surface area (Å²) >= 11 is 9.27. The highest BCUT2D eigenvalue weighted by Gasteiger charge is 2.26. The van der Waals surface area contributed by atoms with Gasteiger partial charge in [-0.25, -0.2) is 4.31 Å². The number of halogens is 1. The maximum atomic E-state index is 10.1. The Labute approximate surface area is 126 Å². The van der Waals surface area contributed by atoms with Gasteiger partial charge < -0.3 is 5.11 Å². The third-order valence-electron chi connectivity index (χ3n) is 3.14. The first-order valence-electron chi connectivity index (χ1n) is 6.16. The van der Waals surface area contributed by atoms with Crippen molar-refractivity contribution in [3.05, 3.63) is 51.9 Å². The normalized spacial score (nSPS) is 19.4. The average molecular weight is 312 g/mol. The number of aliphatic hydroxyl groups is 1. The van der Waals surface area contributed by atoms with E-state index in [4.69, 9.17) is 11.6 Å². The standard InChI is InChI=1S/C14H14ClNOS2/c15-13-8-11-12(17)9-16(19-14(11)18-13)7-6-10-4-2-1-3-5-10/h1-5,8,12,17H,6-7,9H2/t12-/m1/s1. The molecule has 0 amide bonds. The van der Waals surface area contributed by atoms with Crippen molar-refractivity contribution in [2.45, 2.75) is 16.7 Å². The highest BCUT2D eigenvalue weighted by atomic mass is 35.5. The fourth-order valence-electron chi connectivity index (χ4n) is 2.14. The van der Waals surface area contributed by atoms with Crippen LogP contribution in [0.3, 0.4) is 0 Å². The summed E-state index contributed by atoms with van der Waals surface area (Å²) in [6, 6.07) is 12.3. The highest BCUT2D eigenvalue weighted by molar-refractivity contribution is 7.99. The molecule has 100 valence electrons. The second-order valence-electron chi connectivity index (χ2n) is 4.52. The van der Waals surface area contributed by atoms with E-state index >= 15 is 0 Å². The van der Waals surface area contributed by atoms with E-state index in [9.17, 15) is 5.11 Å². The Morgan fingerprint density at radius 2 is 2.11 bits per heavy atom. The molecule has 0 fully saturated rings. The minimum absolute atomic E-state index is 0.421. The molecule has 0 spiro atoms. The third kappa shape index (κ3) is 3.15. The van der Waals surface area contributed by atoms with Gasteiger partial charge in [0.1, 0.15) is 0 Å². The van der Waals surface area contributed by atoms with Crippen LogP contribution in [0.1, 0.15) is 17.2 Å². The van der Waals surface area contributed by atoms with Crippen molar-refractivity contribution in [1.82, 2.24) is 4.31 Å². The van der Waals surface area contributed by atoms with E-state index in [1.807, 2.05) is 12.1 Å². The zero-order chi connectivity index (χ0) is 13.2. The zero-order valence-corrected chi connectivity index (χ0v) is 12.6. The van der Waals surface area contributed by atoms with Crippen LogP contribution in [0.15, 0.2) is 40.6 Å². The lowest BCUT2D eigenvalue weighted by molar-refractivity contribution is 0.146. The van der Waals surface area contributed by atoms with E-state index < -0.39 is 6.10 Å². The Morgan fingerprint density at radius 3 is 2.89 bits per heavy atom. The summed E-state index contributed by atoms with van der Waals surface area (Å²) in [5.41, 5.74) is 2.31. The molecule has 1 atom stereocenters. The fourth-order valence-corrected chi connectivity index (χ4v) is 4.97. The van der Waals surface area contributed by atoms with Crippen molar-refractivity contribution in [1.29, 1.82) is 0 Å². The Balaban J connectivity index is 1.65. The molecule has 0 unspecified atom stereocenters. The van der Waals surface area contributed by atoms with Gasteiger partial charge in [0, 0.05) is 18.7 Å². The van der Waals surface area contributed by atoms with E-state index in [2.05, 4.69) is 28.6 Å². The van der Waals surface area contributed by atoms with Crippen LogP contribution in [0.2, 0.25) is 4.34 Å². The molecule has 0 saturated heterocycles. The van der Waals surface area contributed by atoms with Crippen LogP contribution in [0.4, 0.5) is 0 Å². The van der Waals surface area contributed by atoms with Crippen molar-refractivity contribution in [3.8, 4) is 0 Å². The number of rotatable bonds is 3. The quantitative estimate of drug-likeness (QED) is 0.867. The van der Waals surface area contributed by atoms with Gasteiger partial charge in [0.05, 0.1) is 14.6 Å². The minimum atomic E-state index is -0.421. The first kappa shape index (κ1) is 13.5. The average Bonchev–Trinajstić information content (AvgIpc) is 2.79. The van der Waals surface area contributed by atoms with Crippen molar-refractivity contribution in [2.24, 2.45) is 0 Å². The van der Waals surface area contributed by atoms with Gasteiger partial charge >= 0.3 is 0 Å². The zero-order valence-electron chi connectivity index (χ0n) is 10.3. The Bertz CT molecular complexity index is 558. The first-order valence-corrected chi connectivity index (χ1v) is 8.13. The first-order chi connectivity index (χ1) is 9.22. The van der Waals surface area contributed by atoms with Crippen LogP contribution >= 0.6 is 34.9 Å². The van der Waals surface area contributed by atoms with Crippen molar-refractivity contribution < 1.29 is 5.11 Å². The number of thiophene rings is 1. The van der Waals surface area contributed by atoms with Gasteiger partial charge in [0.15, 0.2) is 0 Å². The molecule has 1 aliphatic rings. The van der Waals surface area contributed by atoms with Crippen molar-refractivity contribution >= 4 is 34.9 Å². The SMILES string of the molecule is O[C@@H]1CN(CCc2ccccc2)Sc2sc(Cl)cc21.